The Kier molecular flexibility index (Phi) is 7.97. The number of ketones is 6. The maximum atomic E-state index is 13.0. The maximum absolute atomic E-state index is 13.0. The molecule has 8 heteroatoms. The van der Waals surface area contributed by atoms with Crippen LogP contribution in [0.4, 0.5) is 0 Å². The van der Waals surface area contributed by atoms with Gasteiger partial charge in [0.2, 0.25) is 0 Å². The van der Waals surface area contributed by atoms with Crippen LogP contribution in [0.3, 0.4) is 0 Å². The van der Waals surface area contributed by atoms with Crippen molar-refractivity contribution in [1.82, 2.24) is 0 Å². The van der Waals surface area contributed by atoms with Gasteiger partial charge in [-0.3, -0.25) is 28.8 Å². The summed E-state index contributed by atoms with van der Waals surface area (Å²) in [5.74, 6) is -5.87. The summed E-state index contributed by atoms with van der Waals surface area (Å²) in [4.78, 5) is 78.1. The molecule has 210 valence electrons. The highest BCUT2D eigenvalue weighted by Crippen LogP contribution is 2.44. The zero-order valence-corrected chi connectivity index (χ0v) is 22.4. The normalized spacial score (nSPS) is 23.7. The molecule has 2 fully saturated rings. The number of carbonyl (C=O) groups is 6. The molecule has 0 saturated heterocycles. The standard InChI is InChI=1S/C32H34O8/c33-19-5-1-6-20(34)29(19)27(30-21(35)7-2-8-22(30)36)17-13-15-18(16-14-17)28(31-23(37)9-3-10-24(31)38)32-25(39)11-4-12-26(32)40/h13-16,27-29,31,35,39H,1-12H2/t27-,28-/m0/s1. The SMILES string of the molecule is O=C1CCCC(O)=C1[C@@H](c1ccc([C@H](C2=C(O)CCCC2=O)C2C(=O)CCCC2=O)cc1)C1C(=O)CCCC1=O. The van der Waals surface area contributed by atoms with Crippen molar-refractivity contribution in [2.45, 2.75) is 88.9 Å². The maximum Gasteiger partial charge on any atom is 0.162 e. The third-order valence-corrected chi connectivity index (χ3v) is 8.88. The fourth-order valence-corrected chi connectivity index (χ4v) is 6.96. The van der Waals surface area contributed by atoms with Crippen LogP contribution in [0.5, 0.6) is 0 Å². The van der Waals surface area contributed by atoms with Crippen molar-refractivity contribution in [3.63, 3.8) is 0 Å². The first-order valence-corrected chi connectivity index (χ1v) is 14.3. The summed E-state index contributed by atoms with van der Waals surface area (Å²) >= 11 is 0. The molecule has 4 aliphatic rings. The summed E-state index contributed by atoms with van der Waals surface area (Å²) in [6.07, 6.45) is 3.77. The second kappa shape index (κ2) is 11.4. The summed E-state index contributed by atoms with van der Waals surface area (Å²) in [7, 11) is 0. The van der Waals surface area contributed by atoms with Crippen LogP contribution in [-0.2, 0) is 28.8 Å². The van der Waals surface area contributed by atoms with Gasteiger partial charge in [-0.1, -0.05) is 24.3 Å². The average molecular weight is 547 g/mol. The Labute approximate surface area is 232 Å². The van der Waals surface area contributed by atoms with E-state index in [-0.39, 0.29) is 109 Å². The van der Waals surface area contributed by atoms with Crippen LogP contribution in [0, 0.1) is 11.8 Å². The Bertz CT molecular complexity index is 1210. The molecule has 8 nitrogen and oxygen atoms in total. The summed E-state index contributed by atoms with van der Waals surface area (Å²) < 4.78 is 0. The molecule has 2 N–H and O–H groups in total. The number of benzene rings is 1. The molecule has 1 aromatic carbocycles. The molecular formula is C32H34O8. The molecule has 0 radical (unpaired) electrons. The van der Waals surface area contributed by atoms with Gasteiger partial charge in [0.15, 0.2) is 11.6 Å². The molecule has 0 amide bonds. The summed E-state index contributed by atoms with van der Waals surface area (Å²) in [6.45, 7) is 0. The van der Waals surface area contributed by atoms with E-state index in [4.69, 9.17) is 0 Å². The first-order valence-electron chi connectivity index (χ1n) is 14.3. The molecule has 40 heavy (non-hydrogen) atoms. The molecule has 0 aromatic heterocycles. The molecule has 2 atom stereocenters. The van der Waals surface area contributed by atoms with E-state index in [2.05, 4.69) is 0 Å². The highest BCUT2D eigenvalue weighted by molar-refractivity contribution is 6.09. The number of rotatable bonds is 6. The van der Waals surface area contributed by atoms with Crippen LogP contribution in [0.2, 0.25) is 0 Å². The Hall–Kier alpha value is -3.68. The van der Waals surface area contributed by atoms with Crippen LogP contribution in [0.25, 0.3) is 0 Å². The zero-order chi connectivity index (χ0) is 28.6. The van der Waals surface area contributed by atoms with Crippen LogP contribution in [0.1, 0.15) is 100 Å². The van der Waals surface area contributed by atoms with Crippen LogP contribution in [-0.4, -0.2) is 44.9 Å². The fraction of sp³-hybridized carbons (Fsp3) is 0.500. The molecule has 0 spiro atoms. The minimum Gasteiger partial charge on any atom is -0.512 e. The van der Waals surface area contributed by atoms with Crippen molar-refractivity contribution in [2.75, 3.05) is 0 Å². The fourth-order valence-electron chi connectivity index (χ4n) is 6.96. The van der Waals surface area contributed by atoms with Gasteiger partial charge in [0, 0.05) is 74.3 Å². The summed E-state index contributed by atoms with van der Waals surface area (Å²) in [6, 6.07) is 6.58. The first-order chi connectivity index (χ1) is 19.2. The Morgan fingerprint density at radius 3 is 1.07 bits per heavy atom. The topological polar surface area (TPSA) is 143 Å². The minimum atomic E-state index is -1.08. The van der Waals surface area contributed by atoms with Crippen molar-refractivity contribution in [3.05, 3.63) is 58.1 Å². The van der Waals surface area contributed by atoms with Gasteiger partial charge in [-0.25, -0.2) is 0 Å². The molecule has 1 aromatic rings. The minimum absolute atomic E-state index is 0.101. The van der Waals surface area contributed by atoms with E-state index in [9.17, 15) is 39.0 Å². The van der Waals surface area contributed by atoms with Gasteiger partial charge in [-0.2, -0.15) is 0 Å². The lowest BCUT2D eigenvalue weighted by molar-refractivity contribution is -0.138. The molecule has 2 saturated carbocycles. The van der Waals surface area contributed by atoms with Crippen molar-refractivity contribution >= 4 is 34.7 Å². The Morgan fingerprint density at radius 1 is 0.475 bits per heavy atom. The van der Waals surface area contributed by atoms with Gasteiger partial charge >= 0.3 is 0 Å². The molecule has 0 unspecified atom stereocenters. The van der Waals surface area contributed by atoms with Gasteiger partial charge in [-0.05, 0) is 36.8 Å². The lowest BCUT2D eigenvalue weighted by Crippen LogP contribution is -2.37. The van der Waals surface area contributed by atoms with Crippen molar-refractivity contribution < 1.29 is 39.0 Å². The number of aliphatic hydroxyl groups is 2. The van der Waals surface area contributed by atoms with Crippen molar-refractivity contribution in [1.29, 1.82) is 0 Å². The third-order valence-electron chi connectivity index (χ3n) is 8.88. The molecule has 4 aliphatic carbocycles. The van der Waals surface area contributed by atoms with E-state index in [1.54, 1.807) is 24.3 Å². The smallest absolute Gasteiger partial charge is 0.162 e. The van der Waals surface area contributed by atoms with E-state index in [1.807, 2.05) is 0 Å². The predicted octanol–water partition coefficient (Wildman–Crippen LogP) is 4.86. The molecule has 0 bridgehead atoms. The van der Waals surface area contributed by atoms with Gasteiger partial charge in [-0.15, -0.1) is 0 Å². The number of allylic oxidation sites excluding steroid dienone is 4. The number of hydrogen-bond acceptors (Lipinski definition) is 8. The molecular weight excluding hydrogens is 512 g/mol. The van der Waals surface area contributed by atoms with Crippen LogP contribution >= 0.6 is 0 Å². The van der Waals surface area contributed by atoms with Gasteiger partial charge in [0.05, 0.1) is 23.4 Å². The number of hydrogen-bond donors (Lipinski definition) is 2. The summed E-state index contributed by atoms with van der Waals surface area (Å²) in [5.41, 5.74) is 1.18. The lowest BCUT2D eigenvalue weighted by Gasteiger charge is -2.33. The first kappa shape index (κ1) is 27.9. The molecule has 0 heterocycles. The monoisotopic (exact) mass is 546 g/mol. The van der Waals surface area contributed by atoms with Crippen molar-refractivity contribution in [2.24, 2.45) is 11.8 Å². The van der Waals surface area contributed by atoms with Gasteiger partial charge < -0.3 is 10.2 Å². The Morgan fingerprint density at radius 2 is 0.775 bits per heavy atom. The second-order valence-electron chi connectivity index (χ2n) is 11.4. The van der Waals surface area contributed by atoms with Gasteiger partial charge in [0.1, 0.15) is 23.1 Å². The van der Waals surface area contributed by atoms with E-state index in [0.717, 1.165) is 0 Å². The van der Waals surface area contributed by atoms with E-state index >= 15 is 0 Å². The van der Waals surface area contributed by atoms with Crippen LogP contribution < -0.4 is 0 Å². The van der Waals surface area contributed by atoms with E-state index < -0.39 is 23.7 Å². The van der Waals surface area contributed by atoms with E-state index in [0.29, 0.717) is 36.8 Å². The van der Waals surface area contributed by atoms with E-state index in [1.165, 1.54) is 0 Å². The lowest BCUT2D eigenvalue weighted by atomic mass is 9.67. The zero-order valence-electron chi connectivity index (χ0n) is 22.4. The molecule has 5 rings (SSSR count). The number of Topliss-reactive ketones (excluding diaryl/α,β-unsaturated/α-hetero) is 6. The highest BCUT2D eigenvalue weighted by Gasteiger charge is 2.45. The number of carbonyl (C=O) groups excluding carboxylic acids is 6. The van der Waals surface area contributed by atoms with Gasteiger partial charge in [0.25, 0.3) is 0 Å². The highest BCUT2D eigenvalue weighted by atomic mass is 16.3. The van der Waals surface area contributed by atoms with Crippen molar-refractivity contribution in [3.8, 4) is 0 Å². The largest absolute Gasteiger partial charge is 0.512 e. The third kappa shape index (κ3) is 5.11. The molecule has 0 aliphatic heterocycles. The second-order valence-corrected chi connectivity index (χ2v) is 11.4. The summed E-state index contributed by atoms with van der Waals surface area (Å²) in [5, 5.41) is 21.5. The Balaban J connectivity index is 1.62. The number of aliphatic hydroxyl groups excluding tert-OH is 2. The quantitative estimate of drug-likeness (QED) is 0.482. The predicted molar refractivity (Wildman–Crippen MR) is 144 cm³/mol. The van der Waals surface area contributed by atoms with Crippen LogP contribution in [0.15, 0.2) is 46.9 Å². The average Bonchev–Trinajstić information content (AvgIpc) is 2.91.